The van der Waals surface area contributed by atoms with Gasteiger partial charge >= 0.3 is 0 Å². The molecular formula is C15H26N2O5S. The number of carbonyl (C=O) groups is 3. The van der Waals surface area contributed by atoms with E-state index in [4.69, 9.17) is 0 Å². The molecule has 1 fully saturated rings. The topological polar surface area (TPSA) is 116 Å². The van der Waals surface area contributed by atoms with Gasteiger partial charge in [-0.25, -0.2) is 0 Å². The van der Waals surface area contributed by atoms with E-state index in [-0.39, 0.29) is 23.6 Å². The third-order valence-electron chi connectivity index (χ3n) is 4.03. The van der Waals surface area contributed by atoms with Gasteiger partial charge in [0.1, 0.15) is 0 Å². The normalized spacial score (nSPS) is 30.0. The van der Waals surface area contributed by atoms with Gasteiger partial charge in [0.2, 0.25) is 16.9 Å². The molecule has 0 aromatic carbocycles. The number of hydrogen-bond acceptors (Lipinski definition) is 6. The van der Waals surface area contributed by atoms with Crippen LogP contribution in [0.5, 0.6) is 0 Å². The summed E-state index contributed by atoms with van der Waals surface area (Å²) < 4.78 is 0. The molecule has 2 amide bonds. The van der Waals surface area contributed by atoms with Crippen LogP contribution in [0.25, 0.3) is 0 Å². The van der Waals surface area contributed by atoms with E-state index in [1.807, 2.05) is 0 Å². The molecule has 8 heteroatoms. The van der Waals surface area contributed by atoms with Crippen LogP contribution in [0.15, 0.2) is 0 Å². The van der Waals surface area contributed by atoms with E-state index in [9.17, 15) is 24.6 Å². The van der Waals surface area contributed by atoms with E-state index in [1.54, 1.807) is 20.8 Å². The molecule has 0 bridgehead atoms. The fourth-order valence-electron chi connectivity index (χ4n) is 2.71. The number of nitrogens with one attached hydrogen (secondary N) is 2. The highest BCUT2D eigenvalue weighted by molar-refractivity contribution is 8.13. The summed E-state index contributed by atoms with van der Waals surface area (Å²) >= 11 is 0.888. The molecule has 132 valence electrons. The number of thioether (sulfide) groups is 1. The number of hydrogen-bond donors (Lipinski definition) is 4. The van der Waals surface area contributed by atoms with E-state index in [1.165, 1.54) is 13.8 Å². The molecule has 1 aliphatic rings. The van der Waals surface area contributed by atoms with Gasteiger partial charge in [-0.1, -0.05) is 32.5 Å². The monoisotopic (exact) mass is 346 g/mol. The van der Waals surface area contributed by atoms with Crippen molar-refractivity contribution in [3.05, 3.63) is 0 Å². The number of carbonyl (C=O) groups excluding carboxylic acids is 3. The van der Waals surface area contributed by atoms with Crippen LogP contribution in [0, 0.1) is 11.8 Å². The van der Waals surface area contributed by atoms with Crippen LogP contribution in [-0.2, 0) is 14.4 Å². The van der Waals surface area contributed by atoms with Gasteiger partial charge in [0.25, 0.3) is 0 Å². The van der Waals surface area contributed by atoms with Gasteiger partial charge in [0.05, 0.1) is 18.1 Å². The molecule has 0 unspecified atom stereocenters. The number of rotatable bonds is 6. The zero-order chi connectivity index (χ0) is 17.9. The van der Waals surface area contributed by atoms with Crippen molar-refractivity contribution in [2.24, 2.45) is 11.8 Å². The Morgan fingerprint density at radius 3 is 2.35 bits per heavy atom. The predicted octanol–water partition coefficient (Wildman–Crippen LogP) is -0.347. The molecule has 7 nitrogen and oxygen atoms in total. The minimum Gasteiger partial charge on any atom is -0.390 e. The summed E-state index contributed by atoms with van der Waals surface area (Å²) in [6.07, 6.45) is -2.51. The molecule has 0 aliphatic carbocycles. The zero-order valence-corrected chi connectivity index (χ0v) is 14.9. The van der Waals surface area contributed by atoms with Gasteiger partial charge < -0.3 is 20.8 Å². The number of aliphatic hydroxyl groups is 2. The van der Waals surface area contributed by atoms with Crippen molar-refractivity contribution in [3.8, 4) is 0 Å². The van der Waals surface area contributed by atoms with Gasteiger partial charge in [-0.05, 0) is 12.8 Å². The summed E-state index contributed by atoms with van der Waals surface area (Å²) in [5, 5.41) is 25.6. The maximum Gasteiger partial charge on any atom is 0.226 e. The zero-order valence-electron chi connectivity index (χ0n) is 14.1. The maximum atomic E-state index is 12.7. The van der Waals surface area contributed by atoms with Gasteiger partial charge in [-0.3, -0.25) is 14.4 Å². The summed E-state index contributed by atoms with van der Waals surface area (Å²) in [5.41, 5.74) is -1.72. The van der Waals surface area contributed by atoms with Crippen LogP contribution < -0.4 is 10.6 Å². The Morgan fingerprint density at radius 1 is 1.39 bits per heavy atom. The van der Waals surface area contributed by atoms with Crippen LogP contribution in [-0.4, -0.2) is 56.7 Å². The molecule has 5 atom stereocenters. The van der Waals surface area contributed by atoms with Crippen LogP contribution in [0.2, 0.25) is 0 Å². The van der Waals surface area contributed by atoms with E-state index in [2.05, 4.69) is 10.6 Å². The van der Waals surface area contributed by atoms with Crippen molar-refractivity contribution in [2.45, 2.75) is 58.4 Å². The lowest BCUT2D eigenvalue weighted by atomic mass is 9.81. The summed E-state index contributed by atoms with van der Waals surface area (Å²) in [4.78, 5) is 35.6. The van der Waals surface area contributed by atoms with Crippen molar-refractivity contribution in [1.82, 2.24) is 10.6 Å². The molecule has 1 rings (SSSR count). The molecule has 23 heavy (non-hydrogen) atoms. The predicted molar refractivity (Wildman–Crippen MR) is 87.6 cm³/mol. The lowest BCUT2D eigenvalue weighted by molar-refractivity contribution is -0.131. The first-order valence-corrected chi connectivity index (χ1v) is 8.65. The lowest BCUT2D eigenvalue weighted by Gasteiger charge is -2.37. The third-order valence-corrected chi connectivity index (χ3v) is 5.30. The molecule has 0 spiro atoms. The quantitative estimate of drug-likeness (QED) is 0.523. The van der Waals surface area contributed by atoms with Gasteiger partial charge in [-0.2, -0.15) is 0 Å². The Morgan fingerprint density at radius 2 is 1.96 bits per heavy atom. The molecule has 1 heterocycles. The number of amides is 2. The molecule has 0 radical (unpaired) electrons. The van der Waals surface area contributed by atoms with E-state index in [0.29, 0.717) is 0 Å². The van der Waals surface area contributed by atoms with Gasteiger partial charge in [-0.15, -0.1) is 0 Å². The van der Waals surface area contributed by atoms with E-state index in [0.717, 1.165) is 11.8 Å². The van der Waals surface area contributed by atoms with Crippen LogP contribution in [0.4, 0.5) is 0 Å². The van der Waals surface area contributed by atoms with Crippen molar-refractivity contribution in [2.75, 3.05) is 5.75 Å². The minimum atomic E-state index is -1.72. The van der Waals surface area contributed by atoms with Crippen molar-refractivity contribution in [3.63, 3.8) is 0 Å². The van der Waals surface area contributed by atoms with Crippen LogP contribution >= 0.6 is 11.8 Å². The van der Waals surface area contributed by atoms with Crippen molar-refractivity contribution >= 4 is 28.7 Å². The molecule has 0 saturated carbocycles. The van der Waals surface area contributed by atoms with Gasteiger partial charge in [0, 0.05) is 18.7 Å². The standard InChI is InChI=1S/C15H26N2O5S/c1-7(2)11(19)15(12(20)9(4)13(21)17-15)14(22)23-6-8(3)16-10(5)18/h7-9,11-12,19-20H,6H2,1-5H3,(H,16,18)(H,17,21)/t8-,9-,11+,12+,15-/m1/s1. The summed E-state index contributed by atoms with van der Waals surface area (Å²) in [6, 6.07) is -0.249. The van der Waals surface area contributed by atoms with Crippen LogP contribution in [0.1, 0.15) is 34.6 Å². The van der Waals surface area contributed by atoms with E-state index >= 15 is 0 Å². The minimum absolute atomic E-state index is 0.203. The first-order chi connectivity index (χ1) is 10.5. The molecular weight excluding hydrogens is 320 g/mol. The fourth-order valence-corrected chi connectivity index (χ4v) is 3.72. The molecule has 0 aromatic rings. The highest BCUT2D eigenvalue weighted by Gasteiger charge is 2.60. The Labute approximate surface area is 140 Å². The van der Waals surface area contributed by atoms with Crippen LogP contribution in [0.3, 0.4) is 0 Å². The average Bonchev–Trinajstić information content (AvgIpc) is 2.68. The molecule has 1 aliphatic heterocycles. The average molecular weight is 346 g/mol. The van der Waals surface area contributed by atoms with E-state index < -0.39 is 34.7 Å². The first-order valence-electron chi connectivity index (χ1n) is 7.66. The van der Waals surface area contributed by atoms with Crippen molar-refractivity contribution in [1.29, 1.82) is 0 Å². The second-order valence-electron chi connectivity index (χ2n) is 6.48. The Bertz CT molecular complexity index is 484. The van der Waals surface area contributed by atoms with Crippen molar-refractivity contribution < 1.29 is 24.6 Å². The highest BCUT2D eigenvalue weighted by Crippen LogP contribution is 2.36. The molecule has 1 saturated heterocycles. The second-order valence-corrected chi connectivity index (χ2v) is 7.47. The summed E-state index contributed by atoms with van der Waals surface area (Å²) in [7, 11) is 0. The summed E-state index contributed by atoms with van der Waals surface area (Å²) in [5.74, 6) is -1.48. The second kappa shape index (κ2) is 7.63. The molecule has 0 aromatic heterocycles. The summed E-state index contributed by atoms with van der Waals surface area (Å²) in [6.45, 7) is 8.08. The SMILES string of the molecule is CC(=O)N[C@H](C)CSC(=O)[C@]1([C@@H](O)C(C)C)NC(=O)[C@H](C)[C@@H]1O. The fraction of sp³-hybridized carbons (Fsp3) is 0.800. The Hall–Kier alpha value is -1.12. The Kier molecular flexibility index (Phi) is 6.61. The molecule has 4 N–H and O–H groups in total. The smallest absolute Gasteiger partial charge is 0.226 e. The Balaban J connectivity index is 2.96. The highest BCUT2D eigenvalue weighted by atomic mass is 32.2. The number of aliphatic hydroxyl groups excluding tert-OH is 2. The largest absolute Gasteiger partial charge is 0.390 e. The maximum absolute atomic E-state index is 12.7. The lowest BCUT2D eigenvalue weighted by Crippen LogP contribution is -2.64. The first kappa shape index (κ1) is 19.9. The van der Waals surface area contributed by atoms with Gasteiger partial charge in [0.15, 0.2) is 5.54 Å². The third kappa shape index (κ3) is 4.05.